The van der Waals surface area contributed by atoms with Gasteiger partial charge in [-0.3, -0.25) is 14.4 Å². The minimum Gasteiger partial charge on any atom is -0.483 e. The van der Waals surface area contributed by atoms with E-state index in [1.165, 1.54) is 6.21 Å². The van der Waals surface area contributed by atoms with E-state index >= 15 is 0 Å². The van der Waals surface area contributed by atoms with Gasteiger partial charge in [0.1, 0.15) is 5.75 Å². The fraction of sp³-hybridized carbons (Fsp3) is 0.333. The Labute approximate surface area is 192 Å². The summed E-state index contributed by atoms with van der Waals surface area (Å²) in [5.41, 5.74) is 4.52. The number of carbonyl (C=O) groups is 3. The molecule has 0 bridgehead atoms. The molecule has 2 aromatic carbocycles. The molecule has 1 atom stereocenters. The zero-order valence-corrected chi connectivity index (χ0v) is 18.5. The highest BCUT2D eigenvalue weighted by atomic mass is 16.5. The van der Waals surface area contributed by atoms with E-state index in [0.29, 0.717) is 17.9 Å². The molecule has 1 aliphatic heterocycles. The number of carbonyl (C=O) groups excluding carboxylic acids is 3. The quantitative estimate of drug-likeness (QED) is 0.306. The molecular formula is C24H28N4O5. The first-order valence-corrected chi connectivity index (χ1v) is 10.9. The number of amides is 3. The second kappa shape index (κ2) is 12.4. The summed E-state index contributed by atoms with van der Waals surface area (Å²) >= 11 is 0. The van der Waals surface area contributed by atoms with Gasteiger partial charge in [-0.15, -0.1) is 0 Å². The van der Waals surface area contributed by atoms with Gasteiger partial charge in [0.15, 0.2) is 6.61 Å². The standard InChI is InChI=1S/C24H28N4O5/c1-2-17-8-3-5-11-20(17)27-22(29)16-33-21-12-6-4-9-18(21)14-26-28-24(31)23(30)25-15-19-10-7-13-32-19/h3-6,8-9,11-12,14,19H,2,7,10,13,15-16H2,1H3,(H,25,30)(H,27,29)(H,28,31)/b26-14-/t19-/m1/s1. The Morgan fingerprint density at radius 3 is 2.70 bits per heavy atom. The van der Waals surface area contributed by atoms with Gasteiger partial charge >= 0.3 is 11.8 Å². The van der Waals surface area contributed by atoms with Crippen LogP contribution in [0.4, 0.5) is 5.69 Å². The Balaban J connectivity index is 1.49. The Morgan fingerprint density at radius 2 is 1.91 bits per heavy atom. The number of anilines is 1. The molecule has 0 aromatic heterocycles. The first-order valence-electron chi connectivity index (χ1n) is 10.9. The van der Waals surface area contributed by atoms with Gasteiger partial charge in [0.05, 0.1) is 12.3 Å². The van der Waals surface area contributed by atoms with Crippen LogP contribution in [0.5, 0.6) is 5.75 Å². The molecule has 2 aromatic rings. The van der Waals surface area contributed by atoms with Crippen LogP contribution >= 0.6 is 0 Å². The average molecular weight is 453 g/mol. The van der Waals surface area contributed by atoms with Crippen LogP contribution in [0.15, 0.2) is 53.6 Å². The summed E-state index contributed by atoms with van der Waals surface area (Å²) in [4.78, 5) is 36.1. The van der Waals surface area contributed by atoms with Gasteiger partial charge in [0.2, 0.25) is 0 Å². The molecule has 1 heterocycles. The van der Waals surface area contributed by atoms with Crippen LogP contribution < -0.4 is 20.8 Å². The minimum absolute atomic E-state index is 0.0538. The summed E-state index contributed by atoms with van der Waals surface area (Å²) in [6.07, 6.45) is 3.91. The zero-order chi connectivity index (χ0) is 23.5. The van der Waals surface area contributed by atoms with E-state index in [2.05, 4.69) is 21.2 Å². The van der Waals surface area contributed by atoms with Gasteiger partial charge in [-0.05, 0) is 43.0 Å². The van der Waals surface area contributed by atoms with Crippen LogP contribution in [0, 0.1) is 0 Å². The van der Waals surface area contributed by atoms with Gasteiger partial charge in [0, 0.05) is 24.4 Å². The van der Waals surface area contributed by atoms with Crippen molar-refractivity contribution >= 4 is 29.6 Å². The zero-order valence-electron chi connectivity index (χ0n) is 18.5. The third kappa shape index (κ3) is 7.43. The Bertz CT molecular complexity index is 1000. The van der Waals surface area contributed by atoms with Gasteiger partial charge < -0.3 is 20.1 Å². The third-order valence-electron chi connectivity index (χ3n) is 5.04. The van der Waals surface area contributed by atoms with Crippen LogP contribution in [0.2, 0.25) is 0 Å². The van der Waals surface area contributed by atoms with E-state index in [4.69, 9.17) is 9.47 Å². The van der Waals surface area contributed by atoms with Crippen molar-refractivity contribution in [2.75, 3.05) is 25.1 Å². The second-order valence-electron chi connectivity index (χ2n) is 7.43. The number of ether oxygens (including phenoxy) is 2. The van der Waals surface area contributed by atoms with Crippen LogP contribution in [0.25, 0.3) is 0 Å². The molecule has 0 unspecified atom stereocenters. The highest BCUT2D eigenvalue weighted by molar-refractivity contribution is 6.35. The Kier molecular flexibility index (Phi) is 8.96. The maximum atomic E-state index is 12.3. The lowest BCUT2D eigenvalue weighted by atomic mass is 10.1. The molecule has 174 valence electrons. The predicted molar refractivity (Wildman–Crippen MR) is 124 cm³/mol. The smallest absolute Gasteiger partial charge is 0.329 e. The van der Waals surface area contributed by atoms with Crippen molar-refractivity contribution in [1.82, 2.24) is 10.7 Å². The molecule has 33 heavy (non-hydrogen) atoms. The number of hydrazone groups is 1. The van der Waals surface area contributed by atoms with Crippen molar-refractivity contribution in [2.45, 2.75) is 32.3 Å². The third-order valence-corrected chi connectivity index (χ3v) is 5.04. The molecule has 3 N–H and O–H groups in total. The summed E-state index contributed by atoms with van der Waals surface area (Å²) in [5, 5.41) is 9.20. The molecule has 0 aliphatic carbocycles. The maximum absolute atomic E-state index is 12.3. The molecule has 9 heteroatoms. The highest BCUT2D eigenvalue weighted by Crippen LogP contribution is 2.17. The number of aryl methyl sites for hydroxylation is 1. The predicted octanol–water partition coefficient (Wildman–Crippen LogP) is 2.01. The molecular weight excluding hydrogens is 424 g/mol. The van der Waals surface area contributed by atoms with Gasteiger partial charge in [-0.2, -0.15) is 5.10 Å². The van der Waals surface area contributed by atoms with Crippen molar-refractivity contribution in [1.29, 1.82) is 0 Å². The average Bonchev–Trinajstić information content (AvgIpc) is 3.36. The maximum Gasteiger partial charge on any atom is 0.329 e. The van der Waals surface area contributed by atoms with Crippen molar-refractivity contribution in [2.24, 2.45) is 5.10 Å². The molecule has 9 nitrogen and oxygen atoms in total. The molecule has 3 amide bonds. The van der Waals surface area contributed by atoms with Crippen LogP contribution in [0.3, 0.4) is 0 Å². The normalized spacial score (nSPS) is 15.2. The monoisotopic (exact) mass is 452 g/mol. The van der Waals surface area contributed by atoms with Crippen LogP contribution in [0.1, 0.15) is 30.9 Å². The Hall–Kier alpha value is -3.72. The lowest BCUT2D eigenvalue weighted by molar-refractivity contribution is -0.139. The number of nitrogens with one attached hydrogen (secondary N) is 3. The molecule has 1 saturated heterocycles. The summed E-state index contributed by atoms with van der Waals surface area (Å²) in [7, 11) is 0. The molecule has 1 fully saturated rings. The molecule has 3 rings (SSSR count). The number of hydrogen-bond donors (Lipinski definition) is 3. The van der Waals surface area contributed by atoms with Crippen LogP contribution in [-0.2, 0) is 25.5 Å². The van der Waals surface area contributed by atoms with Crippen molar-refractivity contribution < 1.29 is 23.9 Å². The number of hydrogen-bond acceptors (Lipinski definition) is 6. The fourth-order valence-electron chi connectivity index (χ4n) is 3.30. The van der Waals surface area contributed by atoms with Crippen LogP contribution in [-0.4, -0.2) is 49.8 Å². The summed E-state index contributed by atoms with van der Waals surface area (Å²) in [5.74, 6) is -1.54. The van der Waals surface area contributed by atoms with E-state index in [1.807, 2.05) is 31.2 Å². The fourth-order valence-corrected chi connectivity index (χ4v) is 3.30. The topological polar surface area (TPSA) is 118 Å². The van der Waals surface area contributed by atoms with E-state index in [-0.39, 0.29) is 25.2 Å². The van der Waals surface area contributed by atoms with Gasteiger partial charge in [0.25, 0.3) is 5.91 Å². The lowest BCUT2D eigenvalue weighted by Gasteiger charge is -2.11. The molecule has 1 aliphatic rings. The highest BCUT2D eigenvalue weighted by Gasteiger charge is 2.19. The summed E-state index contributed by atoms with van der Waals surface area (Å²) in [6, 6.07) is 14.5. The van der Waals surface area contributed by atoms with E-state index in [1.54, 1.807) is 24.3 Å². The number of rotatable bonds is 9. The Morgan fingerprint density at radius 1 is 1.12 bits per heavy atom. The molecule has 0 spiro atoms. The van der Waals surface area contributed by atoms with E-state index < -0.39 is 11.8 Å². The van der Waals surface area contributed by atoms with Crippen molar-refractivity contribution in [3.05, 3.63) is 59.7 Å². The molecule has 0 saturated carbocycles. The first kappa shape index (κ1) is 23.9. The summed E-state index contributed by atoms with van der Waals surface area (Å²) in [6.45, 7) is 2.79. The number of benzene rings is 2. The lowest BCUT2D eigenvalue weighted by Crippen LogP contribution is -2.41. The number of para-hydroxylation sites is 2. The largest absolute Gasteiger partial charge is 0.483 e. The SMILES string of the molecule is CCc1ccccc1NC(=O)COc1ccccc1/C=N\NC(=O)C(=O)NC[C@H]1CCCO1. The summed E-state index contributed by atoms with van der Waals surface area (Å²) < 4.78 is 11.0. The van der Waals surface area contributed by atoms with Crippen molar-refractivity contribution in [3.63, 3.8) is 0 Å². The number of nitrogens with zero attached hydrogens (tertiary/aromatic N) is 1. The molecule has 0 radical (unpaired) electrons. The van der Waals surface area contributed by atoms with E-state index in [0.717, 1.165) is 30.5 Å². The minimum atomic E-state index is -0.878. The van der Waals surface area contributed by atoms with Gasteiger partial charge in [-0.1, -0.05) is 37.3 Å². The van der Waals surface area contributed by atoms with Crippen molar-refractivity contribution in [3.8, 4) is 5.75 Å². The van der Waals surface area contributed by atoms with E-state index in [9.17, 15) is 14.4 Å². The second-order valence-corrected chi connectivity index (χ2v) is 7.43. The first-order chi connectivity index (χ1) is 16.1. The van der Waals surface area contributed by atoms with Gasteiger partial charge in [-0.25, -0.2) is 5.43 Å².